The minimum Gasteiger partial charge on any atom is -0.406 e. The van der Waals surface area contributed by atoms with Crippen LogP contribution in [0.15, 0.2) is 59.4 Å². The van der Waals surface area contributed by atoms with Crippen LogP contribution in [-0.4, -0.2) is 46.9 Å². The van der Waals surface area contributed by atoms with Gasteiger partial charge in [0.05, 0.1) is 16.5 Å². The number of ether oxygens (including phenoxy) is 2. The van der Waals surface area contributed by atoms with Crippen LogP contribution in [0.5, 0.6) is 11.6 Å². The van der Waals surface area contributed by atoms with E-state index in [4.69, 9.17) is 4.74 Å². The monoisotopic (exact) mass is 571 g/mol. The second kappa shape index (κ2) is 10.7. The van der Waals surface area contributed by atoms with Crippen molar-refractivity contribution in [1.82, 2.24) is 14.8 Å². The van der Waals surface area contributed by atoms with Crippen molar-refractivity contribution in [2.75, 3.05) is 19.6 Å². The van der Waals surface area contributed by atoms with Crippen molar-refractivity contribution in [3.8, 4) is 11.6 Å². The molecule has 0 N–H and O–H groups in total. The highest BCUT2D eigenvalue weighted by Gasteiger charge is 2.56. The van der Waals surface area contributed by atoms with Crippen molar-refractivity contribution < 1.29 is 40.6 Å². The lowest BCUT2D eigenvalue weighted by Gasteiger charge is -2.25. The molecule has 1 aliphatic heterocycles. The molecule has 1 saturated heterocycles. The Balaban J connectivity index is 1.20. The zero-order valence-electron chi connectivity index (χ0n) is 20.3. The Bertz CT molecular complexity index is 1270. The molecule has 2 fully saturated rings. The Morgan fingerprint density at radius 3 is 2.36 bits per heavy atom. The van der Waals surface area contributed by atoms with Gasteiger partial charge in [-0.15, -0.1) is 24.5 Å². The quantitative estimate of drug-likeness (QED) is 0.292. The standard InChI is InChI=1S/C26H23F6N3O3S/c27-25(28,29)18-6-4-16(5-7-18)9-34-11-20-21(12-34)22(20)13-35(24(36)37-23-14-39-15-33-23)10-17-2-1-3-19(8-17)38-26(30,31)32/h1-8,14-15,20-22H,9-13H2. The van der Waals surface area contributed by atoms with E-state index in [1.807, 2.05) is 0 Å². The summed E-state index contributed by atoms with van der Waals surface area (Å²) in [4.78, 5) is 20.6. The van der Waals surface area contributed by atoms with Crippen LogP contribution in [0.25, 0.3) is 0 Å². The summed E-state index contributed by atoms with van der Waals surface area (Å²) in [6.07, 6.45) is -9.87. The molecule has 2 unspecified atom stereocenters. The number of rotatable bonds is 8. The van der Waals surface area contributed by atoms with Gasteiger partial charge < -0.3 is 14.4 Å². The largest absolute Gasteiger partial charge is 0.573 e. The van der Waals surface area contributed by atoms with Crippen LogP contribution >= 0.6 is 11.3 Å². The summed E-state index contributed by atoms with van der Waals surface area (Å²) in [6, 6.07) is 10.6. The summed E-state index contributed by atoms with van der Waals surface area (Å²) in [6.45, 7) is 2.36. The molecule has 39 heavy (non-hydrogen) atoms. The first-order valence-corrected chi connectivity index (χ1v) is 13.0. The van der Waals surface area contributed by atoms with E-state index < -0.39 is 24.2 Å². The molecule has 5 rings (SSSR count). The maximum Gasteiger partial charge on any atom is 0.573 e. The van der Waals surface area contributed by atoms with Crippen molar-refractivity contribution in [1.29, 1.82) is 0 Å². The van der Waals surface area contributed by atoms with E-state index in [1.54, 1.807) is 11.4 Å². The molecule has 13 heteroatoms. The van der Waals surface area contributed by atoms with Gasteiger partial charge in [-0.05, 0) is 53.1 Å². The van der Waals surface area contributed by atoms with Crippen LogP contribution < -0.4 is 9.47 Å². The number of carbonyl (C=O) groups is 1. The van der Waals surface area contributed by atoms with E-state index in [1.165, 1.54) is 52.1 Å². The number of piperidine rings is 1. The number of alkyl halides is 6. The van der Waals surface area contributed by atoms with Crippen molar-refractivity contribution in [2.45, 2.75) is 25.6 Å². The van der Waals surface area contributed by atoms with E-state index in [0.29, 0.717) is 30.5 Å². The highest BCUT2D eigenvalue weighted by Crippen LogP contribution is 2.52. The maximum atomic E-state index is 13.0. The van der Waals surface area contributed by atoms with E-state index in [-0.39, 0.29) is 24.1 Å². The number of hydrogen-bond donors (Lipinski definition) is 0. The fourth-order valence-corrected chi connectivity index (χ4v) is 5.57. The normalized spacial score (nSPS) is 20.9. The topological polar surface area (TPSA) is 54.9 Å². The average molecular weight is 572 g/mol. The molecule has 2 heterocycles. The van der Waals surface area contributed by atoms with Crippen molar-refractivity contribution in [2.24, 2.45) is 17.8 Å². The summed E-state index contributed by atoms with van der Waals surface area (Å²) in [7, 11) is 0. The van der Waals surface area contributed by atoms with Crippen molar-refractivity contribution >= 4 is 17.4 Å². The number of halogens is 6. The van der Waals surface area contributed by atoms with Gasteiger partial charge in [0, 0.05) is 32.7 Å². The SMILES string of the molecule is O=C(Oc1cscn1)N(Cc1cccc(OC(F)(F)F)c1)CC1C2CN(Cc3ccc(C(F)(F)F)cc3)CC21. The molecule has 1 saturated carbocycles. The van der Waals surface area contributed by atoms with E-state index in [2.05, 4.69) is 14.6 Å². The van der Waals surface area contributed by atoms with Gasteiger partial charge in [-0.3, -0.25) is 4.90 Å². The van der Waals surface area contributed by atoms with Gasteiger partial charge in [-0.2, -0.15) is 13.2 Å². The van der Waals surface area contributed by atoms with Crippen molar-refractivity contribution in [3.05, 3.63) is 76.1 Å². The maximum absolute atomic E-state index is 13.0. The molecule has 2 aromatic carbocycles. The number of thiazole rings is 1. The van der Waals surface area contributed by atoms with Crippen LogP contribution in [0.3, 0.4) is 0 Å². The zero-order valence-corrected chi connectivity index (χ0v) is 21.1. The average Bonchev–Trinajstić information content (AvgIpc) is 3.21. The summed E-state index contributed by atoms with van der Waals surface area (Å²) in [5.74, 6) is 0.534. The summed E-state index contributed by atoms with van der Waals surface area (Å²) in [5.41, 5.74) is 2.06. The second-order valence-electron chi connectivity index (χ2n) is 9.65. The predicted molar refractivity (Wildman–Crippen MR) is 129 cm³/mol. The van der Waals surface area contributed by atoms with Gasteiger partial charge in [-0.1, -0.05) is 24.3 Å². The van der Waals surface area contributed by atoms with Crippen LogP contribution in [0.1, 0.15) is 16.7 Å². The Kier molecular flexibility index (Phi) is 7.47. The number of likely N-dealkylation sites (tertiary alicyclic amines) is 1. The molecule has 0 radical (unpaired) electrons. The number of benzene rings is 2. The molecular weight excluding hydrogens is 548 g/mol. The summed E-state index contributed by atoms with van der Waals surface area (Å²) in [5, 5.41) is 1.57. The molecule has 6 nitrogen and oxygen atoms in total. The van der Waals surface area contributed by atoms with Gasteiger partial charge in [0.25, 0.3) is 0 Å². The first kappa shape index (κ1) is 27.3. The van der Waals surface area contributed by atoms with Gasteiger partial charge >= 0.3 is 18.6 Å². The summed E-state index contributed by atoms with van der Waals surface area (Å²) < 4.78 is 85.8. The zero-order chi connectivity index (χ0) is 27.8. The van der Waals surface area contributed by atoms with E-state index in [0.717, 1.165) is 30.8 Å². The second-order valence-corrected chi connectivity index (χ2v) is 10.4. The Morgan fingerprint density at radius 1 is 1.03 bits per heavy atom. The highest BCUT2D eigenvalue weighted by atomic mass is 32.1. The molecule has 1 amide bonds. The molecule has 3 aromatic rings. The lowest BCUT2D eigenvalue weighted by Crippen LogP contribution is -2.36. The van der Waals surface area contributed by atoms with Gasteiger partial charge in [0.15, 0.2) is 0 Å². The number of hydrogen-bond acceptors (Lipinski definition) is 6. The number of nitrogens with zero attached hydrogens (tertiary/aromatic N) is 3. The minimum absolute atomic E-state index is 0.0171. The first-order valence-electron chi connectivity index (χ1n) is 12.0. The molecular formula is C26H23F6N3O3S. The Labute approximate surface area is 223 Å². The third kappa shape index (κ3) is 7.01. The third-order valence-corrected chi connectivity index (χ3v) is 7.50. The van der Waals surface area contributed by atoms with Gasteiger partial charge in [0.2, 0.25) is 5.88 Å². The van der Waals surface area contributed by atoms with Crippen LogP contribution in [0, 0.1) is 17.8 Å². The fourth-order valence-electron chi connectivity index (χ4n) is 5.12. The van der Waals surface area contributed by atoms with Crippen LogP contribution in [0.4, 0.5) is 31.1 Å². The number of fused-ring (bicyclic) bond motifs is 1. The Morgan fingerprint density at radius 2 is 1.74 bits per heavy atom. The third-order valence-electron chi connectivity index (χ3n) is 6.93. The molecule has 2 aliphatic rings. The van der Waals surface area contributed by atoms with E-state index >= 15 is 0 Å². The Hall–Kier alpha value is -3.32. The molecule has 2 atom stereocenters. The van der Waals surface area contributed by atoms with Gasteiger partial charge in [0.1, 0.15) is 5.75 Å². The molecule has 1 aliphatic carbocycles. The number of aromatic nitrogens is 1. The molecule has 0 spiro atoms. The van der Waals surface area contributed by atoms with E-state index in [9.17, 15) is 31.1 Å². The number of carbonyl (C=O) groups excluding carboxylic acids is 1. The van der Waals surface area contributed by atoms with Crippen LogP contribution in [-0.2, 0) is 19.3 Å². The summed E-state index contributed by atoms with van der Waals surface area (Å²) >= 11 is 1.26. The highest BCUT2D eigenvalue weighted by molar-refractivity contribution is 7.07. The fraction of sp³-hybridized carbons (Fsp3) is 0.385. The smallest absolute Gasteiger partial charge is 0.406 e. The van der Waals surface area contributed by atoms with Gasteiger partial charge in [-0.25, -0.2) is 9.78 Å². The molecule has 1 aromatic heterocycles. The lowest BCUT2D eigenvalue weighted by molar-refractivity contribution is -0.274. The van der Waals surface area contributed by atoms with Crippen LogP contribution in [0.2, 0.25) is 0 Å². The molecule has 208 valence electrons. The predicted octanol–water partition coefficient (Wildman–Crippen LogP) is 6.44. The van der Waals surface area contributed by atoms with Crippen molar-refractivity contribution in [3.63, 3.8) is 0 Å². The lowest BCUT2D eigenvalue weighted by atomic mass is 10.1. The number of amides is 1. The molecule has 0 bridgehead atoms. The first-order chi connectivity index (χ1) is 18.4. The minimum atomic E-state index is -4.83.